The Morgan fingerprint density at radius 3 is 2.00 bits per heavy atom. The van der Waals surface area contributed by atoms with Gasteiger partial charge in [-0.2, -0.15) is 0 Å². The number of carbonyl (C=O) groups is 1. The fraction of sp³-hybridized carbons (Fsp3) is 0.889. The van der Waals surface area contributed by atoms with Gasteiger partial charge in [0, 0.05) is 13.1 Å². The maximum Gasteiger partial charge on any atom is 0.209 e. The van der Waals surface area contributed by atoms with Crippen molar-refractivity contribution in [1.82, 2.24) is 4.90 Å². The van der Waals surface area contributed by atoms with Gasteiger partial charge in [-0.15, -0.1) is 0 Å². The topological polar surface area (TPSA) is 29.5 Å². The highest BCUT2D eigenvalue weighted by molar-refractivity contribution is 5.47. The van der Waals surface area contributed by atoms with Gasteiger partial charge in [0.15, 0.2) is 0 Å². The number of morpholine rings is 1. The molecule has 0 N–H and O–H groups in total. The summed E-state index contributed by atoms with van der Waals surface area (Å²) in [6.07, 6.45) is 1.26. The van der Waals surface area contributed by atoms with Crippen LogP contribution in [0.1, 0.15) is 27.7 Å². The third-order valence-corrected chi connectivity index (χ3v) is 1.60. The molecule has 1 aliphatic heterocycles. The van der Waals surface area contributed by atoms with Gasteiger partial charge in [0.1, 0.15) is 0 Å². The lowest BCUT2D eigenvalue weighted by Gasteiger charge is -2.32. The second-order valence-electron chi connectivity index (χ2n) is 2.82. The molecular weight excluding hydrogens is 154 g/mol. The summed E-state index contributed by atoms with van der Waals surface area (Å²) in [5.74, 6) is 0. The van der Waals surface area contributed by atoms with Crippen LogP contribution >= 0.6 is 0 Å². The fourth-order valence-corrected chi connectivity index (χ4v) is 1.30. The monoisotopic (exact) mass is 173 g/mol. The minimum Gasteiger partial charge on any atom is -0.372 e. The summed E-state index contributed by atoms with van der Waals surface area (Å²) >= 11 is 0. The van der Waals surface area contributed by atoms with Crippen molar-refractivity contribution in [2.45, 2.75) is 39.9 Å². The van der Waals surface area contributed by atoms with Gasteiger partial charge in [0.25, 0.3) is 0 Å². The van der Waals surface area contributed by atoms with Crippen LogP contribution in [0.2, 0.25) is 0 Å². The summed E-state index contributed by atoms with van der Waals surface area (Å²) in [6.45, 7) is 9.42. The van der Waals surface area contributed by atoms with E-state index in [1.807, 2.05) is 27.7 Å². The summed E-state index contributed by atoms with van der Waals surface area (Å²) in [5, 5.41) is 0. The number of amides is 1. The van der Waals surface area contributed by atoms with Gasteiger partial charge in [0.2, 0.25) is 6.41 Å². The number of hydrogen-bond acceptors (Lipinski definition) is 2. The van der Waals surface area contributed by atoms with Crippen LogP contribution in [0, 0.1) is 0 Å². The van der Waals surface area contributed by atoms with Gasteiger partial charge in [-0.3, -0.25) is 4.79 Å². The zero-order chi connectivity index (χ0) is 9.56. The first-order valence-corrected chi connectivity index (χ1v) is 4.57. The zero-order valence-corrected chi connectivity index (χ0v) is 8.41. The average molecular weight is 173 g/mol. The highest BCUT2D eigenvalue weighted by Crippen LogP contribution is 2.07. The lowest BCUT2D eigenvalue weighted by molar-refractivity contribution is -0.130. The molecule has 0 aromatic carbocycles. The van der Waals surface area contributed by atoms with Crippen LogP contribution in [0.15, 0.2) is 0 Å². The molecule has 3 nitrogen and oxygen atoms in total. The Hall–Kier alpha value is -0.570. The van der Waals surface area contributed by atoms with Crippen LogP contribution in [0.4, 0.5) is 0 Å². The van der Waals surface area contributed by atoms with E-state index < -0.39 is 0 Å². The van der Waals surface area contributed by atoms with Crippen LogP contribution in [0.25, 0.3) is 0 Å². The van der Waals surface area contributed by atoms with E-state index in [1.165, 1.54) is 0 Å². The second-order valence-corrected chi connectivity index (χ2v) is 2.82. The van der Waals surface area contributed by atoms with Crippen LogP contribution in [0.5, 0.6) is 0 Å². The van der Waals surface area contributed by atoms with E-state index in [4.69, 9.17) is 4.74 Å². The lowest BCUT2D eigenvalue weighted by Crippen LogP contribution is -2.44. The molecule has 1 rings (SSSR count). The number of nitrogens with zero attached hydrogens (tertiary/aromatic N) is 1. The standard InChI is InChI=1S/C7H13NO2.C2H6/c1-6-3-8(5-9)4-7(2)10-6;1-2/h5-7H,3-4H2,1-2H3;1-2H3/t6-,7+;. The highest BCUT2D eigenvalue weighted by atomic mass is 16.5. The average Bonchev–Trinajstić information content (AvgIpc) is 2.06. The van der Waals surface area contributed by atoms with E-state index in [-0.39, 0.29) is 12.2 Å². The molecule has 12 heavy (non-hydrogen) atoms. The predicted octanol–water partition coefficient (Wildman–Crippen LogP) is 1.28. The number of rotatable bonds is 1. The van der Waals surface area contributed by atoms with Gasteiger partial charge in [-0.25, -0.2) is 0 Å². The molecule has 1 aliphatic rings. The van der Waals surface area contributed by atoms with Crippen molar-refractivity contribution >= 4 is 6.41 Å². The summed E-state index contributed by atoms with van der Waals surface area (Å²) in [4.78, 5) is 12.1. The Morgan fingerprint density at radius 1 is 1.25 bits per heavy atom. The Kier molecular flexibility index (Phi) is 5.72. The van der Waals surface area contributed by atoms with E-state index in [2.05, 4.69) is 0 Å². The minimum atomic E-state index is 0.189. The zero-order valence-electron chi connectivity index (χ0n) is 8.41. The molecule has 1 fully saturated rings. The van der Waals surface area contributed by atoms with E-state index in [0.29, 0.717) is 0 Å². The first-order valence-electron chi connectivity index (χ1n) is 4.57. The van der Waals surface area contributed by atoms with Crippen molar-refractivity contribution in [3.8, 4) is 0 Å². The molecule has 72 valence electrons. The summed E-state index contributed by atoms with van der Waals surface area (Å²) < 4.78 is 5.42. The van der Waals surface area contributed by atoms with Gasteiger partial charge in [-0.1, -0.05) is 13.8 Å². The van der Waals surface area contributed by atoms with E-state index in [0.717, 1.165) is 19.5 Å². The second kappa shape index (κ2) is 6.00. The molecule has 0 aliphatic carbocycles. The van der Waals surface area contributed by atoms with E-state index in [1.54, 1.807) is 4.90 Å². The van der Waals surface area contributed by atoms with Crippen molar-refractivity contribution in [2.75, 3.05) is 13.1 Å². The summed E-state index contributed by atoms with van der Waals surface area (Å²) in [5.41, 5.74) is 0. The molecule has 0 spiro atoms. The molecule has 2 atom stereocenters. The van der Waals surface area contributed by atoms with Crippen LogP contribution < -0.4 is 0 Å². The molecule has 0 bridgehead atoms. The first kappa shape index (κ1) is 11.4. The molecule has 1 heterocycles. The summed E-state index contributed by atoms with van der Waals surface area (Å²) in [7, 11) is 0. The molecule has 0 aromatic heterocycles. The van der Waals surface area contributed by atoms with Gasteiger partial charge < -0.3 is 9.64 Å². The third kappa shape index (κ3) is 3.72. The maximum absolute atomic E-state index is 10.3. The van der Waals surface area contributed by atoms with Crippen molar-refractivity contribution in [3.63, 3.8) is 0 Å². The van der Waals surface area contributed by atoms with Gasteiger partial charge >= 0.3 is 0 Å². The fourth-order valence-electron chi connectivity index (χ4n) is 1.30. The molecule has 1 saturated heterocycles. The Morgan fingerprint density at radius 2 is 1.67 bits per heavy atom. The third-order valence-electron chi connectivity index (χ3n) is 1.60. The Labute approximate surface area is 74.7 Å². The first-order chi connectivity index (χ1) is 5.72. The normalized spacial score (nSPS) is 28.8. The molecule has 1 amide bonds. The minimum absolute atomic E-state index is 0.189. The Balaban J connectivity index is 0.000000561. The predicted molar refractivity (Wildman–Crippen MR) is 49.0 cm³/mol. The molecule has 0 unspecified atom stereocenters. The molecular formula is C9H19NO2. The largest absolute Gasteiger partial charge is 0.372 e. The van der Waals surface area contributed by atoms with Crippen molar-refractivity contribution in [3.05, 3.63) is 0 Å². The molecule has 3 heteroatoms. The number of carbonyl (C=O) groups excluding carboxylic acids is 1. The van der Waals surface area contributed by atoms with Gasteiger partial charge in [-0.05, 0) is 13.8 Å². The SMILES string of the molecule is CC.C[C@@H]1CN(C=O)C[C@H](C)O1. The molecule has 0 aromatic rings. The van der Waals surface area contributed by atoms with Gasteiger partial charge in [0.05, 0.1) is 12.2 Å². The lowest BCUT2D eigenvalue weighted by atomic mass is 10.2. The van der Waals surface area contributed by atoms with E-state index in [9.17, 15) is 4.79 Å². The van der Waals surface area contributed by atoms with Crippen molar-refractivity contribution < 1.29 is 9.53 Å². The maximum atomic E-state index is 10.3. The van der Waals surface area contributed by atoms with Crippen LogP contribution in [0.3, 0.4) is 0 Å². The number of ether oxygens (including phenoxy) is 1. The van der Waals surface area contributed by atoms with Crippen LogP contribution in [-0.2, 0) is 9.53 Å². The van der Waals surface area contributed by atoms with Crippen molar-refractivity contribution in [1.29, 1.82) is 0 Å². The van der Waals surface area contributed by atoms with Crippen LogP contribution in [-0.4, -0.2) is 36.6 Å². The number of hydrogen-bond donors (Lipinski definition) is 0. The summed E-state index contributed by atoms with van der Waals surface area (Å²) in [6, 6.07) is 0. The smallest absolute Gasteiger partial charge is 0.209 e. The van der Waals surface area contributed by atoms with E-state index >= 15 is 0 Å². The molecule has 0 saturated carbocycles. The van der Waals surface area contributed by atoms with Crippen molar-refractivity contribution in [2.24, 2.45) is 0 Å². The quantitative estimate of drug-likeness (QED) is 0.559. The molecule has 0 radical (unpaired) electrons. The Bertz CT molecular complexity index is 118. The highest BCUT2D eigenvalue weighted by Gasteiger charge is 2.20.